The van der Waals surface area contributed by atoms with Crippen LogP contribution in [0.3, 0.4) is 0 Å². The first-order valence-corrected chi connectivity index (χ1v) is 10.5. The lowest BCUT2D eigenvalue weighted by atomic mass is 9.98. The van der Waals surface area contributed by atoms with Gasteiger partial charge in [-0.3, -0.25) is 9.59 Å². The minimum Gasteiger partial charge on any atom is -0.456 e. The first-order valence-electron chi connectivity index (χ1n) is 10.5. The van der Waals surface area contributed by atoms with Gasteiger partial charge in [0.2, 0.25) is 11.7 Å². The van der Waals surface area contributed by atoms with Crippen molar-refractivity contribution in [2.24, 2.45) is 5.92 Å². The maximum Gasteiger partial charge on any atom is 0.329 e. The van der Waals surface area contributed by atoms with Crippen LogP contribution in [0.15, 0.2) is 48.5 Å². The number of amides is 1. The lowest BCUT2D eigenvalue weighted by Gasteiger charge is -2.21. The number of nitrogens with one attached hydrogen (secondary N) is 1. The third-order valence-corrected chi connectivity index (χ3v) is 5.05. The molecule has 0 spiro atoms. The molecule has 1 N–H and O–H groups in total. The van der Waals surface area contributed by atoms with E-state index in [9.17, 15) is 14.4 Å². The van der Waals surface area contributed by atoms with Crippen molar-refractivity contribution in [1.82, 2.24) is 5.32 Å². The molecule has 0 bridgehead atoms. The summed E-state index contributed by atoms with van der Waals surface area (Å²) in [7, 11) is 0. The fourth-order valence-corrected chi connectivity index (χ4v) is 3.22. The van der Waals surface area contributed by atoms with Gasteiger partial charge in [0, 0.05) is 5.56 Å². The fourth-order valence-electron chi connectivity index (χ4n) is 3.22. The number of rotatable bonds is 10. The molecule has 0 aliphatic heterocycles. The van der Waals surface area contributed by atoms with Crippen LogP contribution in [0.1, 0.15) is 54.7 Å². The van der Waals surface area contributed by atoms with E-state index in [0.717, 1.165) is 29.5 Å². The Hall–Kier alpha value is -2.95. The summed E-state index contributed by atoms with van der Waals surface area (Å²) in [5, 5.41) is 2.74. The second-order valence-electron chi connectivity index (χ2n) is 7.68. The number of carbonyl (C=O) groups is 3. The zero-order valence-corrected chi connectivity index (χ0v) is 18.2. The molecule has 0 unspecified atom stereocenters. The Morgan fingerprint density at radius 1 is 0.933 bits per heavy atom. The zero-order valence-electron chi connectivity index (χ0n) is 18.2. The summed E-state index contributed by atoms with van der Waals surface area (Å²) in [6.07, 6.45) is 1.73. The Balaban J connectivity index is 2.00. The molecular weight excluding hydrogens is 378 g/mol. The number of benzene rings is 2. The summed E-state index contributed by atoms with van der Waals surface area (Å²) in [6, 6.07) is 14.4. The fraction of sp³-hybridized carbons (Fsp3) is 0.400. The maximum absolute atomic E-state index is 12.7. The van der Waals surface area contributed by atoms with Gasteiger partial charge in [0.1, 0.15) is 6.04 Å². The Kier molecular flexibility index (Phi) is 8.78. The first-order chi connectivity index (χ1) is 14.3. The summed E-state index contributed by atoms with van der Waals surface area (Å²) in [4.78, 5) is 37.6. The van der Waals surface area contributed by atoms with Gasteiger partial charge in [-0.15, -0.1) is 0 Å². The second kappa shape index (κ2) is 11.3. The standard InChI is InChI=1S/C25H31NO4/c1-5-18-12-13-20(6-2)21(14-18)22(27)16-30-25(29)24(17(3)4)26-23(28)15-19-10-8-7-9-11-19/h7-14,17,24H,5-6,15-16H2,1-4H3,(H,26,28)/t24-/m0/s1. The number of ketones is 1. The van der Waals surface area contributed by atoms with Gasteiger partial charge in [0.15, 0.2) is 6.61 Å². The van der Waals surface area contributed by atoms with Crippen LogP contribution in [0.4, 0.5) is 0 Å². The smallest absolute Gasteiger partial charge is 0.329 e. The van der Waals surface area contributed by atoms with Crippen LogP contribution in [0.25, 0.3) is 0 Å². The normalized spacial score (nSPS) is 11.8. The molecule has 0 radical (unpaired) electrons. The number of Topliss-reactive ketones (excluding diaryl/α,β-unsaturated/α-hetero) is 1. The van der Waals surface area contributed by atoms with Crippen molar-refractivity contribution in [3.63, 3.8) is 0 Å². The van der Waals surface area contributed by atoms with Crippen molar-refractivity contribution >= 4 is 17.7 Å². The Bertz CT molecular complexity index is 874. The highest BCUT2D eigenvalue weighted by molar-refractivity contribution is 5.99. The Morgan fingerprint density at radius 2 is 1.63 bits per heavy atom. The largest absolute Gasteiger partial charge is 0.456 e. The Labute approximate surface area is 178 Å². The third-order valence-electron chi connectivity index (χ3n) is 5.05. The first kappa shape index (κ1) is 23.3. The quantitative estimate of drug-likeness (QED) is 0.477. The molecule has 5 nitrogen and oxygen atoms in total. The van der Waals surface area contributed by atoms with Crippen molar-refractivity contribution in [3.8, 4) is 0 Å². The highest BCUT2D eigenvalue weighted by Crippen LogP contribution is 2.15. The predicted octanol–water partition coefficient (Wildman–Crippen LogP) is 3.92. The highest BCUT2D eigenvalue weighted by Gasteiger charge is 2.26. The molecule has 30 heavy (non-hydrogen) atoms. The van der Waals surface area contributed by atoms with Crippen molar-refractivity contribution in [3.05, 3.63) is 70.8 Å². The van der Waals surface area contributed by atoms with E-state index in [0.29, 0.717) is 5.56 Å². The number of hydrogen-bond acceptors (Lipinski definition) is 4. The molecule has 160 valence electrons. The van der Waals surface area contributed by atoms with Gasteiger partial charge in [0.25, 0.3) is 0 Å². The van der Waals surface area contributed by atoms with Gasteiger partial charge in [-0.25, -0.2) is 4.79 Å². The molecule has 0 saturated carbocycles. The van der Waals surface area contributed by atoms with E-state index in [2.05, 4.69) is 5.32 Å². The SMILES string of the molecule is CCc1ccc(CC)c(C(=O)COC(=O)[C@@H](NC(=O)Cc2ccccc2)C(C)C)c1. The van der Waals surface area contributed by atoms with Crippen LogP contribution in [-0.4, -0.2) is 30.3 Å². The molecule has 2 aromatic carbocycles. The lowest BCUT2D eigenvalue weighted by molar-refractivity contribution is -0.148. The van der Waals surface area contributed by atoms with E-state index in [-0.39, 0.29) is 30.6 Å². The number of esters is 1. The van der Waals surface area contributed by atoms with Crippen molar-refractivity contribution in [1.29, 1.82) is 0 Å². The Morgan fingerprint density at radius 3 is 2.23 bits per heavy atom. The van der Waals surface area contributed by atoms with E-state index in [1.165, 1.54) is 0 Å². The van der Waals surface area contributed by atoms with Gasteiger partial charge < -0.3 is 10.1 Å². The minimum atomic E-state index is -0.804. The van der Waals surface area contributed by atoms with Crippen LogP contribution in [-0.2, 0) is 33.6 Å². The highest BCUT2D eigenvalue weighted by atomic mass is 16.5. The van der Waals surface area contributed by atoms with E-state index in [4.69, 9.17) is 4.74 Å². The number of carbonyl (C=O) groups excluding carboxylic acids is 3. The maximum atomic E-state index is 12.7. The summed E-state index contributed by atoms with van der Waals surface area (Å²) in [5.74, 6) is -1.24. The third kappa shape index (κ3) is 6.55. The van der Waals surface area contributed by atoms with Gasteiger partial charge in [0.05, 0.1) is 6.42 Å². The van der Waals surface area contributed by atoms with E-state index >= 15 is 0 Å². The van der Waals surface area contributed by atoms with E-state index in [1.807, 2.05) is 76.2 Å². The van der Waals surface area contributed by atoms with Crippen LogP contribution < -0.4 is 5.32 Å². The van der Waals surface area contributed by atoms with Crippen LogP contribution in [0.5, 0.6) is 0 Å². The summed E-state index contributed by atoms with van der Waals surface area (Å²) in [6.45, 7) is 7.34. The van der Waals surface area contributed by atoms with Gasteiger partial charge in [-0.2, -0.15) is 0 Å². The molecule has 1 amide bonds. The van der Waals surface area contributed by atoms with Gasteiger partial charge in [-0.05, 0) is 41.5 Å². The molecular formula is C25H31NO4. The number of aryl methyl sites for hydroxylation is 2. The van der Waals surface area contributed by atoms with Crippen molar-refractivity contribution < 1.29 is 19.1 Å². The molecule has 0 fully saturated rings. The zero-order chi connectivity index (χ0) is 22.1. The molecule has 0 saturated heterocycles. The predicted molar refractivity (Wildman–Crippen MR) is 117 cm³/mol. The average molecular weight is 410 g/mol. The lowest BCUT2D eigenvalue weighted by Crippen LogP contribution is -2.46. The van der Waals surface area contributed by atoms with Gasteiger partial charge in [-0.1, -0.05) is 70.2 Å². The molecule has 5 heteroatoms. The molecule has 2 rings (SSSR count). The molecule has 0 aliphatic rings. The summed E-state index contributed by atoms with van der Waals surface area (Å²) < 4.78 is 5.30. The monoisotopic (exact) mass is 409 g/mol. The van der Waals surface area contributed by atoms with Crippen LogP contribution in [0.2, 0.25) is 0 Å². The minimum absolute atomic E-state index is 0.165. The van der Waals surface area contributed by atoms with Gasteiger partial charge >= 0.3 is 5.97 Å². The molecule has 1 atom stereocenters. The van der Waals surface area contributed by atoms with E-state index in [1.54, 1.807) is 0 Å². The van der Waals surface area contributed by atoms with Crippen molar-refractivity contribution in [2.75, 3.05) is 6.61 Å². The van der Waals surface area contributed by atoms with E-state index < -0.39 is 12.0 Å². The molecule has 2 aromatic rings. The van der Waals surface area contributed by atoms with Crippen LogP contribution >= 0.6 is 0 Å². The summed E-state index contributed by atoms with van der Waals surface area (Å²) in [5.41, 5.74) is 3.46. The number of ether oxygens (including phenoxy) is 1. The molecule has 0 aromatic heterocycles. The molecule has 0 aliphatic carbocycles. The average Bonchev–Trinajstić information content (AvgIpc) is 2.75. The summed E-state index contributed by atoms with van der Waals surface area (Å²) >= 11 is 0. The van der Waals surface area contributed by atoms with Crippen LogP contribution in [0, 0.1) is 5.92 Å². The number of hydrogen-bond donors (Lipinski definition) is 1. The second-order valence-corrected chi connectivity index (χ2v) is 7.68. The topological polar surface area (TPSA) is 72.5 Å². The van der Waals surface area contributed by atoms with Crippen molar-refractivity contribution in [2.45, 2.75) is 53.0 Å². The molecule has 0 heterocycles.